The maximum atomic E-state index is 12.1. The number of esters is 1. The van der Waals surface area contributed by atoms with Gasteiger partial charge in [-0.25, -0.2) is 4.39 Å². The molecule has 0 saturated carbocycles. The lowest BCUT2D eigenvalue weighted by Crippen LogP contribution is -2.40. The molecule has 8 heteroatoms. The summed E-state index contributed by atoms with van der Waals surface area (Å²) in [5, 5.41) is 2.90. The summed E-state index contributed by atoms with van der Waals surface area (Å²) in [5.74, 6) is -0.440. The van der Waals surface area contributed by atoms with Crippen molar-refractivity contribution in [1.82, 2.24) is 5.32 Å². The Morgan fingerprint density at radius 1 is 1.08 bits per heavy atom. The van der Waals surface area contributed by atoms with E-state index >= 15 is 0 Å². The molecule has 1 aliphatic heterocycles. The Morgan fingerprint density at radius 3 is 2.22 bits per heavy atom. The summed E-state index contributed by atoms with van der Waals surface area (Å²) >= 11 is 0. The molecule has 0 amide bonds. The lowest BCUT2D eigenvalue weighted by Gasteiger charge is -2.20. The third-order valence-electron chi connectivity index (χ3n) is 4.87. The van der Waals surface area contributed by atoms with E-state index < -0.39 is 6.04 Å². The molecule has 7 nitrogen and oxygen atoms in total. The highest BCUT2D eigenvalue weighted by molar-refractivity contribution is 5.76. The van der Waals surface area contributed by atoms with Gasteiger partial charge in [0.05, 0.1) is 25.9 Å². The molecule has 3 rings (SSSR count). The molecule has 0 radical (unpaired) electrons. The number of likely N-dealkylation sites (N-methyl/N-ethyl adjacent to an activating group) is 1. The number of nitrogens with one attached hydrogen (secondary N) is 1. The first-order valence-corrected chi connectivity index (χ1v) is 12.0. The van der Waals surface area contributed by atoms with Crippen LogP contribution in [-0.2, 0) is 35.1 Å². The summed E-state index contributed by atoms with van der Waals surface area (Å²) in [6.45, 7) is 11.0. The molecule has 2 unspecified atom stereocenters. The first-order valence-electron chi connectivity index (χ1n) is 12.0. The van der Waals surface area contributed by atoms with E-state index in [2.05, 4.69) is 10.1 Å². The van der Waals surface area contributed by atoms with E-state index in [0.717, 1.165) is 11.1 Å². The molecular weight excluding hydrogens is 465 g/mol. The van der Waals surface area contributed by atoms with Gasteiger partial charge in [0, 0.05) is 6.42 Å². The number of hydrogen-bond acceptors (Lipinski definition) is 7. The topological polar surface area (TPSA) is 83.1 Å². The van der Waals surface area contributed by atoms with Crippen LogP contribution in [-0.4, -0.2) is 56.6 Å². The first-order chi connectivity index (χ1) is 17.0. The van der Waals surface area contributed by atoms with Crippen molar-refractivity contribution in [2.45, 2.75) is 71.5 Å². The molecule has 3 atom stereocenters. The zero-order valence-electron chi connectivity index (χ0n) is 22.2. The maximum absolute atomic E-state index is 12.1. The molecule has 1 saturated heterocycles. The Balaban J connectivity index is 0.000000353. The number of hydrogen-bond donors (Lipinski definition) is 1. The van der Waals surface area contributed by atoms with Crippen LogP contribution in [0.3, 0.4) is 0 Å². The number of halogens is 1. The second kappa shape index (κ2) is 16.8. The minimum Gasteiger partial charge on any atom is -0.462 e. The van der Waals surface area contributed by atoms with Crippen molar-refractivity contribution >= 4 is 12.4 Å². The second-order valence-electron chi connectivity index (χ2n) is 9.40. The van der Waals surface area contributed by atoms with E-state index in [1.165, 1.54) is 12.1 Å². The van der Waals surface area contributed by atoms with Gasteiger partial charge in [-0.2, -0.15) is 0 Å². The van der Waals surface area contributed by atoms with Crippen molar-refractivity contribution in [2.75, 3.05) is 20.3 Å². The van der Waals surface area contributed by atoms with Crippen LogP contribution in [0.4, 0.5) is 4.39 Å². The number of benzene rings is 2. The van der Waals surface area contributed by atoms with E-state index in [1.54, 1.807) is 19.2 Å². The quantitative estimate of drug-likeness (QED) is 0.470. The number of carbonyl (C=O) groups excluding carboxylic acids is 2. The summed E-state index contributed by atoms with van der Waals surface area (Å²) in [6.07, 6.45) is 0.370. The summed E-state index contributed by atoms with van der Waals surface area (Å²) in [4.78, 5) is 21.4. The van der Waals surface area contributed by atoms with Crippen LogP contribution in [0.2, 0.25) is 0 Å². The Labute approximate surface area is 214 Å². The van der Waals surface area contributed by atoms with E-state index in [4.69, 9.17) is 14.2 Å². The van der Waals surface area contributed by atoms with Crippen molar-refractivity contribution in [3.8, 4) is 0 Å². The molecule has 0 bridgehead atoms. The minimum absolute atomic E-state index is 0.0800. The highest BCUT2D eigenvalue weighted by Gasteiger charge is 2.26. The van der Waals surface area contributed by atoms with Gasteiger partial charge in [0.25, 0.3) is 6.47 Å². The smallest absolute Gasteiger partial charge is 0.325 e. The summed E-state index contributed by atoms with van der Waals surface area (Å²) in [7, 11) is 1.72. The van der Waals surface area contributed by atoms with Gasteiger partial charge in [0.1, 0.15) is 23.6 Å². The molecule has 2 aromatic rings. The predicted octanol–water partition coefficient (Wildman–Crippen LogP) is 4.60. The fourth-order valence-corrected chi connectivity index (χ4v) is 2.94. The SMILES string of the molecule is CC(C)(C)OC=O.CN[C@H]1COCC(OCc2ccccc2)CC(C)OC1=O.Cc1ccc(F)cc1. The maximum Gasteiger partial charge on any atom is 0.325 e. The predicted molar refractivity (Wildman–Crippen MR) is 137 cm³/mol. The Kier molecular flexibility index (Phi) is 14.6. The third kappa shape index (κ3) is 14.6. The molecule has 1 aliphatic rings. The largest absolute Gasteiger partial charge is 0.462 e. The third-order valence-corrected chi connectivity index (χ3v) is 4.87. The first kappa shape index (κ1) is 31.2. The molecule has 0 aromatic heterocycles. The van der Waals surface area contributed by atoms with Crippen molar-refractivity contribution in [3.63, 3.8) is 0 Å². The standard InChI is InChI=1S/C16H23NO4.C7H7F.C5H10O2/c1-12-8-14(20-9-13-6-4-3-5-7-13)10-19-11-15(17-2)16(18)21-12;1-6-2-4-7(8)5-3-6;1-5(2,3)7-4-6/h3-7,12,14-15,17H,8-11H2,1-2H3;2-5H,1H3;4H,1-3H3/t12?,14?,15-;;/m0../s1. The van der Waals surface area contributed by atoms with E-state index in [9.17, 15) is 14.0 Å². The van der Waals surface area contributed by atoms with Gasteiger partial charge in [0.15, 0.2) is 0 Å². The summed E-state index contributed by atoms with van der Waals surface area (Å²) in [6, 6.07) is 16.0. The van der Waals surface area contributed by atoms with E-state index in [-0.39, 0.29) is 29.6 Å². The fraction of sp³-hybridized carbons (Fsp3) is 0.500. The fourth-order valence-electron chi connectivity index (χ4n) is 2.94. The van der Waals surface area contributed by atoms with Crippen LogP contribution in [0, 0.1) is 12.7 Å². The monoisotopic (exact) mass is 505 g/mol. The van der Waals surface area contributed by atoms with Gasteiger partial charge < -0.3 is 24.3 Å². The summed E-state index contributed by atoms with van der Waals surface area (Å²) < 4.78 is 33.5. The molecule has 1 fully saturated rings. The Morgan fingerprint density at radius 2 is 1.72 bits per heavy atom. The van der Waals surface area contributed by atoms with Crippen LogP contribution < -0.4 is 5.32 Å². The molecule has 1 N–H and O–H groups in total. The van der Waals surface area contributed by atoms with Gasteiger partial charge in [0.2, 0.25) is 0 Å². The van der Waals surface area contributed by atoms with Crippen molar-refractivity contribution in [2.24, 2.45) is 0 Å². The van der Waals surface area contributed by atoms with Gasteiger partial charge in [-0.1, -0.05) is 48.0 Å². The molecule has 200 valence electrons. The second-order valence-corrected chi connectivity index (χ2v) is 9.40. The van der Waals surface area contributed by atoms with Crippen molar-refractivity contribution < 1.29 is 32.9 Å². The minimum atomic E-state index is -0.416. The van der Waals surface area contributed by atoms with Crippen molar-refractivity contribution in [3.05, 3.63) is 71.5 Å². The van der Waals surface area contributed by atoms with Crippen LogP contribution in [0.15, 0.2) is 54.6 Å². The normalized spacial score (nSPS) is 20.1. The number of aryl methyl sites for hydroxylation is 1. The Hall–Kier alpha value is -2.81. The average molecular weight is 506 g/mol. The van der Waals surface area contributed by atoms with Gasteiger partial charge in [-0.15, -0.1) is 0 Å². The molecule has 2 aromatic carbocycles. The lowest BCUT2D eigenvalue weighted by atomic mass is 10.2. The van der Waals surface area contributed by atoms with Crippen LogP contribution >= 0.6 is 0 Å². The van der Waals surface area contributed by atoms with E-state index in [1.807, 2.05) is 65.0 Å². The zero-order valence-corrected chi connectivity index (χ0v) is 22.2. The zero-order chi connectivity index (χ0) is 27.0. The molecule has 1 heterocycles. The average Bonchev–Trinajstić information content (AvgIpc) is 2.88. The van der Waals surface area contributed by atoms with Crippen LogP contribution in [0.25, 0.3) is 0 Å². The lowest BCUT2D eigenvalue weighted by molar-refractivity contribution is -0.152. The molecule has 0 aliphatic carbocycles. The molecular formula is C28H40FNO6. The summed E-state index contributed by atoms with van der Waals surface area (Å²) in [5.41, 5.74) is 1.89. The number of carbonyl (C=O) groups is 2. The highest BCUT2D eigenvalue weighted by atomic mass is 19.1. The van der Waals surface area contributed by atoms with Gasteiger partial charge in [-0.3, -0.25) is 9.59 Å². The van der Waals surface area contributed by atoms with Crippen LogP contribution in [0.1, 0.15) is 45.2 Å². The van der Waals surface area contributed by atoms with Crippen molar-refractivity contribution in [1.29, 1.82) is 0 Å². The molecule has 0 spiro atoms. The number of rotatable bonds is 5. The Bertz CT molecular complexity index is 849. The van der Waals surface area contributed by atoms with Gasteiger partial charge in [-0.05, 0) is 59.4 Å². The van der Waals surface area contributed by atoms with Gasteiger partial charge >= 0.3 is 5.97 Å². The van der Waals surface area contributed by atoms with Crippen LogP contribution in [0.5, 0.6) is 0 Å². The molecule has 36 heavy (non-hydrogen) atoms. The number of ether oxygens (including phenoxy) is 4. The number of cyclic esters (lactones) is 1. The van der Waals surface area contributed by atoms with E-state index in [0.29, 0.717) is 32.7 Å². The highest BCUT2D eigenvalue weighted by Crippen LogP contribution is 2.13.